The number of benzene rings is 2. The number of methoxy groups -OCH3 is 1. The molecule has 0 N–H and O–H groups in total. The standard InChI is InChI=1S/C23H18F2N2O3/c1-29-22(28)19-9-5-8-17(26-19)14-27-20-11-10-18(30-23(24)25)12-16(20)13-21(27)15-6-3-2-4-7-15/h2-13,23H,14H2,1H3. The van der Waals surface area contributed by atoms with E-state index in [1.165, 1.54) is 13.2 Å². The van der Waals surface area contributed by atoms with Crippen LogP contribution in [-0.2, 0) is 11.3 Å². The summed E-state index contributed by atoms with van der Waals surface area (Å²) in [6, 6.07) is 21.6. The number of rotatable bonds is 6. The van der Waals surface area contributed by atoms with Crippen LogP contribution < -0.4 is 4.74 Å². The van der Waals surface area contributed by atoms with Crippen molar-refractivity contribution in [1.29, 1.82) is 0 Å². The molecule has 4 aromatic rings. The van der Waals surface area contributed by atoms with E-state index in [0.717, 1.165) is 22.2 Å². The normalized spacial score (nSPS) is 11.1. The van der Waals surface area contributed by atoms with E-state index >= 15 is 0 Å². The Labute approximate surface area is 171 Å². The molecule has 7 heteroatoms. The summed E-state index contributed by atoms with van der Waals surface area (Å²) in [5.41, 5.74) is 3.58. The van der Waals surface area contributed by atoms with Crippen LogP contribution in [0.5, 0.6) is 5.75 Å². The molecule has 0 amide bonds. The van der Waals surface area contributed by atoms with Gasteiger partial charge in [0.05, 0.1) is 19.3 Å². The molecule has 0 aliphatic rings. The Bertz CT molecular complexity index is 1190. The zero-order valence-electron chi connectivity index (χ0n) is 16.1. The Morgan fingerprint density at radius 3 is 2.57 bits per heavy atom. The molecule has 0 aliphatic carbocycles. The highest BCUT2D eigenvalue weighted by Gasteiger charge is 2.15. The molecular formula is C23H18F2N2O3. The third kappa shape index (κ3) is 4.00. The van der Waals surface area contributed by atoms with E-state index < -0.39 is 12.6 Å². The van der Waals surface area contributed by atoms with Gasteiger partial charge in [0, 0.05) is 16.6 Å². The first kappa shape index (κ1) is 19.6. The van der Waals surface area contributed by atoms with E-state index in [-0.39, 0.29) is 11.4 Å². The number of esters is 1. The molecule has 0 fully saturated rings. The molecule has 2 aromatic carbocycles. The number of pyridine rings is 1. The highest BCUT2D eigenvalue weighted by Crippen LogP contribution is 2.31. The van der Waals surface area contributed by atoms with Gasteiger partial charge in [-0.1, -0.05) is 36.4 Å². The fourth-order valence-electron chi connectivity index (χ4n) is 3.39. The number of carbonyl (C=O) groups is 1. The third-order valence-corrected chi connectivity index (χ3v) is 4.69. The van der Waals surface area contributed by atoms with Gasteiger partial charge in [-0.05, 0) is 42.0 Å². The van der Waals surface area contributed by atoms with E-state index in [1.807, 2.05) is 47.0 Å². The number of ether oxygens (including phenoxy) is 2. The fourth-order valence-corrected chi connectivity index (χ4v) is 3.39. The smallest absolute Gasteiger partial charge is 0.387 e. The van der Waals surface area contributed by atoms with Crippen molar-refractivity contribution in [2.45, 2.75) is 13.2 Å². The number of carbonyl (C=O) groups excluding carboxylic acids is 1. The molecule has 0 atom stereocenters. The largest absolute Gasteiger partial charge is 0.464 e. The van der Waals surface area contributed by atoms with Crippen molar-refractivity contribution in [3.8, 4) is 17.0 Å². The van der Waals surface area contributed by atoms with Gasteiger partial charge in [0.2, 0.25) is 0 Å². The van der Waals surface area contributed by atoms with Crippen LogP contribution in [0.2, 0.25) is 0 Å². The van der Waals surface area contributed by atoms with E-state index in [0.29, 0.717) is 12.2 Å². The van der Waals surface area contributed by atoms with Crippen LogP contribution in [0.3, 0.4) is 0 Å². The average molecular weight is 408 g/mol. The van der Waals surface area contributed by atoms with Crippen LogP contribution in [0.4, 0.5) is 8.78 Å². The Balaban J connectivity index is 1.81. The number of fused-ring (bicyclic) bond motifs is 1. The van der Waals surface area contributed by atoms with Crippen LogP contribution in [0.25, 0.3) is 22.2 Å². The van der Waals surface area contributed by atoms with Crippen molar-refractivity contribution < 1.29 is 23.0 Å². The summed E-state index contributed by atoms with van der Waals surface area (Å²) in [4.78, 5) is 16.2. The van der Waals surface area contributed by atoms with E-state index in [2.05, 4.69) is 9.72 Å². The van der Waals surface area contributed by atoms with Gasteiger partial charge < -0.3 is 14.0 Å². The average Bonchev–Trinajstić information content (AvgIpc) is 3.11. The summed E-state index contributed by atoms with van der Waals surface area (Å²) >= 11 is 0. The van der Waals surface area contributed by atoms with Crippen molar-refractivity contribution >= 4 is 16.9 Å². The lowest BCUT2D eigenvalue weighted by Gasteiger charge is -2.12. The highest BCUT2D eigenvalue weighted by molar-refractivity contribution is 5.88. The molecule has 152 valence electrons. The van der Waals surface area contributed by atoms with Crippen molar-refractivity contribution in [2.75, 3.05) is 7.11 Å². The van der Waals surface area contributed by atoms with Crippen LogP contribution >= 0.6 is 0 Å². The van der Waals surface area contributed by atoms with Gasteiger partial charge in [0.25, 0.3) is 0 Å². The van der Waals surface area contributed by atoms with Crippen molar-refractivity contribution in [3.05, 3.63) is 84.2 Å². The van der Waals surface area contributed by atoms with Crippen molar-refractivity contribution in [3.63, 3.8) is 0 Å². The summed E-state index contributed by atoms with van der Waals surface area (Å²) in [6.45, 7) is -2.50. The van der Waals surface area contributed by atoms with E-state index in [9.17, 15) is 13.6 Å². The lowest BCUT2D eigenvalue weighted by atomic mass is 10.1. The summed E-state index contributed by atoms with van der Waals surface area (Å²) in [5.74, 6) is -0.411. The monoisotopic (exact) mass is 408 g/mol. The molecule has 0 saturated heterocycles. The molecule has 2 heterocycles. The lowest BCUT2D eigenvalue weighted by Crippen LogP contribution is -2.09. The van der Waals surface area contributed by atoms with E-state index in [1.54, 1.807) is 24.3 Å². The SMILES string of the molecule is COC(=O)c1cccc(Cn2c(-c3ccccc3)cc3cc(OC(F)F)ccc32)n1. The van der Waals surface area contributed by atoms with Crippen LogP contribution in [0, 0.1) is 0 Å². The molecular weight excluding hydrogens is 390 g/mol. The predicted octanol–water partition coefficient (Wildman–Crippen LogP) is 5.14. The van der Waals surface area contributed by atoms with Crippen LogP contribution in [0.15, 0.2) is 72.8 Å². The summed E-state index contributed by atoms with van der Waals surface area (Å²) in [7, 11) is 1.31. The first-order chi connectivity index (χ1) is 14.5. The molecule has 0 spiro atoms. The number of hydrogen-bond acceptors (Lipinski definition) is 4. The highest BCUT2D eigenvalue weighted by atomic mass is 19.3. The number of aromatic nitrogens is 2. The predicted molar refractivity (Wildman–Crippen MR) is 109 cm³/mol. The number of alkyl halides is 2. The van der Waals surface area contributed by atoms with Gasteiger partial charge in [-0.25, -0.2) is 9.78 Å². The zero-order chi connectivity index (χ0) is 21.1. The van der Waals surface area contributed by atoms with Gasteiger partial charge >= 0.3 is 12.6 Å². The lowest BCUT2D eigenvalue weighted by molar-refractivity contribution is -0.0497. The fraction of sp³-hybridized carbons (Fsp3) is 0.130. The summed E-state index contributed by atoms with van der Waals surface area (Å²) < 4.78 is 36.6. The Hall–Kier alpha value is -3.74. The zero-order valence-corrected chi connectivity index (χ0v) is 16.1. The second kappa shape index (κ2) is 8.32. The van der Waals surface area contributed by atoms with Crippen molar-refractivity contribution in [1.82, 2.24) is 9.55 Å². The van der Waals surface area contributed by atoms with Crippen LogP contribution in [-0.4, -0.2) is 29.2 Å². The molecule has 4 rings (SSSR count). The first-order valence-electron chi connectivity index (χ1n) is 9.23. The summed E-state index contributed by atoms with van der Waals surface area (Å²) in [6.07, 6.45) is 0. The quantitative estimate of drug-likeness (QED) is 0.415. The minimum absolute atomic E-state index is 0.0973. The minimum atomic E-state index is -2.89. The van der Waals surface area contributed by atoms with Crippen molar-refractivity contribution in [2.24, 2.45) is 0 Å². The van der Waals surface area contributed by atoms with Gasteiger partial charge in [-0.3, -0.25) is 0 Å². The Kier molecular flexibility index (Phi) is 5.43. The molecule has 0 bridgehead atoms. The molecule has 0 saturated carbocycles. The third-order valence-electron chi connectivity index (χ3n) is 4.69. The Morgan fingerprint density at radius 2 is 1.83 bits per heavy atom. The number of halogens is 2. The van der Waals surface area contributed by atoms with Gasteiger partial charge in [-0.15, -0.1) is 0 Å². The maximum absolute atomic E-state index is 12.6. The molecule has 0 radical (unpaired) electrons. The van der Waals surface area contributed by atoms with Gasteiger partial charge in [0.1, 0.15) is 11.4 Å². The van der Waals surface area contributed by atoms with E-state index in [4.69, 9.17) is 4.74 Å². The minimum Gasteiger partial charge on any atom is -0.464 e. The maximum Gasteiger partial charge on any atom is 0.387 e. The molecule has 0 unspecified atom stereocenters. The molecule has 2 aromatic heterocycles. The second-order valence-corrected chi connectivity index (χ2v) is 6.59. The van der Waals surface area contributed by atoms with Gasteiger partial charge in [-0.2, -0.15) is 8.78 Å². The second-order valence-electron chi connectivity index (χ2n) is 6.59. The maximum atomic E-state index is 12.6. The first-order valence-corrected chi connectivity index (χ1v) is 9.23. The molecule has 30 heavy (non-hydrogen) atoms. The molecule has 5 nitrogen and oxygen atoms in total. The van der Waals surface area contributed by atoms with Crippen LogP contribution in [0.1, 0.15) is 16.2 Å². The Morgan fingerprint density at radius 1 is 1.03 bits per heavy atom. The molecule has 0 aliphatic heterocycles. The number of hydrogen-bond donors (Lipinski definition) is 0. The number of nitrogens with zero attached hydrogens (tertiary/aromatic N) is 2. The topological polar surface area (TPSA) is 53.4 Å². The van der Waals surface area contributed by atoms with Gasteiger partial charge in [0.15, 0.2) is 0 Å². The summed E-state index contributed by atoms with van der Waals surface area (Å²) in [5, 5.41) is 0.760.